The summed E-state index contributed by atoms with van der Waals surface area (Å²) in [6, 6.07) is 17.9. The summed E-state index contributed by atoms with van der Waals surface area (Å²) >= 11 is 0. The van der Waals surface area contributed by atoms with Crippen molar-refractivity contribution in [2.24, 2.45) is 0 Å². The third-order valence-corrected chi connectivity index (χ3v) is 4.64. The molecular weight excluding hydrogens is 350 g/mol. The summed E-state index contributed by atoms with van der Waals surface area (Å²) in [4.78, 5) is 12.9. The predicted molar refractivity (Wildman–Crippen MR) is 112 cm³/mol. The highest BCUT2D eigenvalue weighted by Crippen LogP contribution is 2.26. The molecule has 0 saturated heterocycles. The number of nitrogens with one attached hydrogen (secondary N) is 1. The van der Waals surface area contributed by atoms with Gasteiger partial charge in [0.2, 0.25) is 0 Å². The molecule has 1 N–H and O–H groups in total. The number of amides is 1. The van der Waals surface area contributed by atoms with Gasteiger partial charge in [-0.1, -0.05) is 55.8 Å². The Morgan fingerprint density at radius 3 is 2.68 bits per heavy atom. The Bertz CT molecular complexity index is 919. The van der Waals surface area contributed by atoms with Gasteiger partial charge in [-0.25, -0.2) is 0 Å². The Morgan fingerprint density at radius 1 is 1.18 bits per heavy atom. The molecule has 28 heavy (non-hydrogen) atoms. The Kier molecular flexibility index (Phi) is 6.48. The van der Waals surface area contributed by atoms with E-state index in [1.165, 1.54) is 0 Å². The van der Waals surface area contributed by atoms with Gasteiger partial charge in [0.1, 0.15) is 11.4 Å². The molecule has 0 aliphatic rings. The molecule has 0 bridgehead atoms. The number of carbonyl (C=O) groups excluding carboxylic acids is 1. The van der Waals surface area contributed by atoms with Crippen molar-refractivity contribution in [1.29, 1.82) is 0 Å². The highest BCUT2D eigenvalue weighted by molar-refractivity contribution is 6.00. The fourth-order valence-corrected chi connectivity index (χ4v) is 3.23. The monoisotopic (exact) mass is 377 g/mol. The molecule has 5 heteroatoms. The van der Waals surface area contributed by atoms with E-state index in [0.29, 0.717) is 17.8 Å². The molecule has 1 unspecified atom stereocenters. The number of rotatable bonds is 8. The number of aromatic nitrogens is 2. The second kappa shape index (κ2) is 9.22. The van der Waals surface area contributed by atoms with Gasteiger partial charge in [0, 0.05) is 17.8 Å². The first-order valence-corrected chi connectivity index (χ1v) is 9.67. The molecule has 2 aromatic carbocycles. The molecule has 0 spiro atoms. The average Bonchev–Trinajstić information content (AvgIpc) is 3.13. The Balaban J connectivity index is 1.96. The molecule has 0 aliphatic carbocycles. The first-order valence-electron chi connectivity index (χ1n) is 9.67. The van der Waals surface area contributed by atoms with Crippen LogP contribution in [0.2, 0.25) is 0 Å². The Labute approximate surface area is 166 Å². The third-order valence-electron chi connectivity index (χ3n) is 4.64. The lowest BCUT2D eigenvalue weighted by Gasteiger charge is -2.12. The number of ether oxygens (including phenoxy) is 1. The van der Waals surface area contributed by atoms with Crippen molar-refractivity contribution in [2.75, 3.05) is 7.11 Å². The topological polar surface area (TPSA) is 56.2 Å². The smallest absolute Gasteiger partial charge is 0.255 e. The predicted octanol–water partition coefficient (Wildman–Crippen LogP) is 4.53. The van der Waals surface area contributed by atoms with Gasteiger partial charge >= 0.3 is 0 Å². The van der Waals surface area contributed by atoms with E-state index in [1.807, 2.05) is 60.3 Å². The molecule has 3 aromatic rings. The van der Waals surface area contributed by atoms with Crippen LogP contribution in [0.25, 0.3) is 11.3 Å². The SMILES string of the molecule is CCCC(C)NC(=O)c1cn(Cc2ccccc2)nc1-c1cccc(OC)c1. The molecule has 146 valence electrons. The number of nitrogens with zero attached hydrogens (tertiary/aromatic N) is 2. The molecule has 5 nitrogen and oxygen atoms in total. The van der Waals surface area contributed by atoms with Gasteiger partial charge in [0.15, 0.2) is 0 Å². The summed E-state index contributed by atoms with van der Waals surface area (Å²) in [5.74, 6) is 0.638. The minimum absolute atomic E-state index is 0.0990. The van der Waals surface area contributed by atoms with Gasteiger partial charge in [-0.3, -0.25) is 9.48 Å². The summed E-state index contributed by atoms with van der Waals surface area (Å²) in [7, 11) is 1.63. The molecule has 0 fully saturated rings. The maximum Gasteiger partial charge on any atom is 0.255 e. The van der Waals surface area contributed by atoms with Crippen molar-refractivity contribution in [2.45, 2.75) is 39.3 Å². The summed E-state index contributed by atoms with van der Waals surface area (Å²) < 4.78 is 7.16. The second-order valence-corrected chi connectivity index (χ2v) is 6.97. The summed E-state index contributed by atoms with van der Waals surface area (Å²) in [5.41, 5.74) is 3.23. The number of hydrogen-bond acceptors (Lipinski definition) is 3. The van der Waals surface area contributed by atoms with Crippen LogP contribution in [-0.2, 0) is 6.54 Å². The minimum Gasteiger partial charge on any atom is -0.497 e. The molecule has 0 aliphatic heterocycles. The fraction of sp³-hybridized carbons (Fsp3) is 0.304. The minimum atomic E-state index is -0.0990. The maximum absolute atomic E-state index is 12.9. The number of carbonyl (C=O) groups is 1. The van der Waals surface area contributed by atoms with Crippen molar-refractivity contribution in [3.8, 4) is 17.0 Å². The normalized spacial score (nSPS) is 11.8. The average molecular weight is 377 g/mol. The van der Waals surface area contributed by atoms with E-state index in [1.54, 1.807) is 7.11 Å². The lowest BCUT2D eigenvalue weighted by Crippen LogP contribution is -2.32. The zero-order chi connectivity index (χ0) is 19.9. The van der Waals surface area contributed by atoms with Crippen LogP contribution in [-0.4, -0.2) is 28.8 Å². The first kappa shape index (κ1) is 19.7. The van der Waals surface area contributed by atoms with Gasteiger partial charge < -0.3 is 10.1 Å². The van der Waals surface area contributed by atoms with Crippen LogP contribution < -0.4 is 10.1 Å². The first-order chi connectivity index (χ1) is 13.6. The highest BCUT2D eigenvalue weighted by Gasteiger charge is 2.20. The van der Waals surface area contributed by atoms with Gasteiger partial charge in [-0.05, 0) is 31.0 Å². The van der Waals surface area contributed by atoms with Gasteiger partial charge in [0.05, 0.1) is 19.2 Å². The molecule has 0 radical (unpaired) electrons. The van der Waals surface area contributed by atoms with Gasteiger partial charge in [-0.15, -0.1) is 0 Å². The van der Waals surface area contributed by atoms with Crippen LogP contribution in [0.4, 0.5) is 0 Å². The molecule has 1 amide bonds. The number of hydrogen-bond donors (Lipinski definition) is 1. The molecular formula is C23H27N3O2. The quantitative estimate of drug-likeness (QED) is 0.628. The molecule has 1 aromatic heterocycles. The van der Waals surface area contributed by atoms with E-state index in [0.717, 1.165) is 29.7 Å². The van der Waals surface area contributed by atoms with E-state index in [2.05, 4.69) is 24.4 Å². The summed E-state index contributed by atoms with van der Waals surface area (Å²) in [5, 5.41) is 7.82. The van der Waals surface area contributed by atoms with Crippen LogP contribution >= 0.6 is 0 Å². The Hall–Kier alpha value is -3.08. The van der Waals surface area contributed by atoms with Crippen LogP contribution in [0.3, 0.4) is 0 Å². The van der Waals surface area contributed by atoms with E-state index in [9.17, 15) is 4.79 Å². The van der Waals surface area contributed by atoms with E-state index < -0.39 is 0 Å². The van der Waals surface area contributed by atoms with E-state index in [-0.39, 0.29) is 11.9 Å². The van der Waals surface area contributed by atoms with Gasteiger partial charge in [-0.2, -0.15) is 5.10 Å². The standard InChI is InChI=1S/C23H27N3O2/c1-4-9-17(2)24-23(27)21-16-26(15-18-10-6-5-7-11-18)25-22(21)19-12-8-13-20(14-19)28-3/h5-8,10-14,16-17H,4,9,15H2,1-3H3,(H,24,27). The molecule has 1 heterocycles. The number of methoxy groups -OCH3 is 1. The zero-order valence-corrected chi connectivity index (χ0v) is 16.7. The highest BCUT2D eigenvalue weighted by atomic mass is 16.5. The van der Waals surface area contributed by atoms with Crippen LogP contribution in [0.1, 0.15) is 42.6 Å². The fourth-order valence-electron chi connectivity index (χ4n) is 3.23. The van der Waals surface area contributed by atoms with Crippen molar-refractivity contribution in [3.05, 3.63) is 71.9 Å². The van der Waals surface area contributed by atoms with Crippen LogP contribution in [0.15, 0.2) is 60.8 Å². The maximum atomic E-state index is 12.9. The van der Waals surface area contributed by atoms with Crippen LogP contribution in [0.5, 0.6) is 5.75 Å². The molecule has 3 rings (SSSR count). The lowest BCUT2D eigenvalue weighted by molar-refractivity contribution is 0.0939. The summed E-state index contributed by atoms with van der Waals surface area (Å²) in [6.07, 6.45) is 3.80. The van der Waals surface area contributed by atoms with Crippen molar-refractivity contribution in [3.63, 3.8) is 0 Å². The lowest BCUT2D eigenvalue weighted by atomic mass is 10.1. The van der Waals surface area contributed by atoms with E-state index >= 15 is 0 Å². The largest absolute Gasteiger partial charge is 0.497 e. The zero-order valence-electron chi connectivity index (χ0n) is 16.7. The van der Waals surface area contributed by atoms with Crippen molar-refractivity contribution < 1.29 is 9.53 Å². The Morgan fingerprint density at radius 2 is 1.96 bits per heavy atom. The van der Waals surface area contributed by atoms with Crippen molar-refractivity contribution in [1.82, 2.24) is 15.1 Å². The third kappa shape index (κ3) is 4.80. The molecule has 1 atom stereocenters. The van der Waals surface area contributed by atoms with Gasteiger partial charge in [0.25, 0.3) is 5.91 Å². The van der Waals surface area contributed by atoms with Crippen LogP contribution in [0, 0.1) is 0 Å². The molecule has 0 saturated carbocycles. The summed E-state index contributed by atoms with van der Waals surface area (Å²) in [6.45, 7) is 4.75. The second-order valence-electron chi connectivity index (χ2n) is 6.97. The van der Waals surface area contributed by atoms with E-state index in [4.69, 9.17) is 9.84 Å². The van der Waals surface area contributed by atoms with Crippen molar-refractivity contribution >= 4 is 5.91 Å². The number of benzene rings is 2.